The van der Waals surface area contributed by atoms with Gasteiger partial charge in [0.15, 0.2) is 0 Å². The molecule has 0 spiro atoms. The van der Waals surface area contributed by atoms with Crippen LogP contribution >= 0.6 is 15.9 Å². The number of rotatable bonds is 5. The van der Waals surface area contributed by atoms with Gasteiger partial charge in [0.2, 0.25) is 0 Å². The van der Waals surface area contributed by atoms with Crippen molar-refractivity contribution in [2.75, 3.05) is 7.11 Å². The van der Waals surface area contributed by atoms with Gasteiger partial charge in [0, 0.05) is 33.1 Å². The van der Waals surface area contributed by atoms with Crippen LogP contribution in [0.1, 0.15) is 24.0 Å². The molecule has 0 aliphatic rings. The van der Waals surface area contributed by atoms with Crippen LogP contribution in [0.2, 0.25) is 0 Å². The lowest BCUT2D eigenvalue weighted by molar-refractivity contribution is -0.141. The van der Waals surface area contributed by atoms with E-state index in [2.05, 4.69) is 26.0 Å². The number of carbonyl (C=O) groups excluding carboxylic acids is 1. The number of halogens is 1. The lowest BCUT2D eigenvalue weighted by Crippen LogP contribution is -2.22. The summed E-state index contributed by atoms with van der Waals surface area (Å²) >= 11 is 3.41. The highest BCUT2D eigenvalue weighted by atomic mass is 79.9. The summed E-state index contributed by atoms with van der Waals surface area (Å²) in [7, 11) is 1.37. The first-order valence-corrected chi connectivity index (χ1v) is 10.6. The van der Waals surface area contributed by atoms with Crippen molar-refractivity contribution in [2.24, 2.45) is 5.10 Å². The number of ether oxygens (including phenoxy) is 1. The molecule has 0 saturated heterocycles. The normalized spacial score (nSPS) is 11.6. The van der Waals surface area contributed by atoms with Crippen LogP contribution in [0, 0.1) is 6.92 Å². The number of aryl methyl sites for hydroxylation is 1. The second-order valence-electron chi connectivity index (χ2n) is 7.08. The molecule has 7 nitrogen and oxygen atoms in total. The minimum absolute atomic E-state index is 0.0996. The Bertz CT molecular complexity index is 1400. The molecule has 0 bridgehead atoms. The van der Waals surface area contributed by atoms with Crippen molar-refractivity contribution in [3.63, 3.8) is 0 Å². The van der Waals surface area contributed by atoms with Gasteiger partial charge >= 0.3 is 5.97 Å². The standard InChI is InChI=1S/C23H21BrN4O3/c1-4-21-26-19-10-9-15(24)11-17(19)23(30)28(21)25-12-18-14(2)27(13-22(29)31-3)20-8-6-5-7-16(18)20/h5-12H,4,13H2,1-3H3. The van der Waals surface area contributed by atoms with Gasteiger partial charge in [-0.05, 0) is 31.2 Å². The molecule has 2 aromatic heterocycles. The van der Waals surface area contributed by atoms with Gasteiger partial charge in [-0.25, -0.2) is 4.98 Å². The quantitative estimate of drug-likeness (QED) is 0.319. The molecule has 4 aromatic rings. The van der Waals surface area contributed by atoms with Crippen molar-refractivity contribution in [1.29, 1.82) is 0 Å². The maximum Gasteiger partial charge on any atom is 0.325 e. The topological polar surface area (TPSA) is 78.5 Å². The van der Waals surface area contributed by atoms with Crippen molar-refractivity contribution >= 4 is 49.9 Å². The maximum absolute atomic E-state index is 13.1. The van der Waals surface area contributed by atoms with Crippen LogP contribution in [0.25, 0.3) is 21.8 Å². The minimum Gasteiger partial charge on any atom is -0.468 e. The lowest BCUT2D eigenvalue weighted by atomic mass is 10.1. The Balaban J connectivity index is 1.89. The SMILES string of the molecule is CCc1nc2ccc(Br)cc2c(=O)n1N=Cc1c(C)n(CC(=O)OC)c2ccccc12. The predicted octanol–water partition coefficient (Wildman–Crippen LogP) is 4.04. The number of carbonyl (C=O) groups is 1. The zero-order valence-corrected chi connectivity index (χ0v) is 19.0. The second-order valence-corrected chi connectivity index (χ2v) is 8.00. The van der Waals surface area contributed by atoms with E-state index in [1.165, 1.54) is 11.8 Å². The zero-order valence-electron chi connectivity index (χ0n) is 17.4. The van der Waals surface area contributed by atoms with E-state index in [1.807, 2.05) is 54.8 Å². The Labute approximate surface area is 187 Å². The highest BCUT2D eigenvalue weighted by Crippen LogP contribution is 2.25. The monoisotopic (exact) mass is 480 g/mol. The number of benzene rings is 2. The van der Waals surface area contributed by atoms with Gasteiger partial charge in [-0.2, -0.15) is 9.78 Å². The van der Waals surface area contributed by atoms with Gasteiger partial charge in [0.05, 0.1) is 24.2 Å². The van der Waals surface area contributed by atoms with Crippen LogP contribution in [0.3, 0.4) is 0 Å². The molecule has 0 aliphatic carbocycles. The van der Waals surface area contributed by atoms with E-state index in [0.29, 0.717) is 23.1 Å². The number of para-hydroxylation sites is 1. The Morgan fingerprint density at radius 2 is 2.00 bits per heavy atom. The van der Waals surface area contributed by atoms with Crippen LogP contribution in [0.5, 0.6) is 0 Å². The third-order valence-corrected chi connectivity index (χ3v) is 5.78. The molecule has 0 amide bonds. The van der Waals surface area contributed by atoms with E-state index >= 15 is 0 Å². The highest BCUT2D eigenvalue weighted by molar-refractivity contribution is 9.10. The fourth-order valence-corrected chi connectivity index (χ4v) is 4.04. The number of nitrogens with zero attached hydrogens (tertiary/aromatic N) is 4. The molecule has 31 heavy (non-hydrogen) atoms. The van der Waals surface area contributed by atoms with Gasteiger partial charge in [-0.15, -0.1) is 0 Å². The third-order valence-electron chi connectivity index (χ3n) is 5.29. The van der Waals surface area contributed by atoms with E-state index in [0.717, 1.165) is 26.6 Å². The van der Waals surface area contributed by atoms with Gasteiger partial charge in [0.1, 0.15) is 12.4 Å². The molecule has 0 unspecified atom stereocenters. The molecule has 0 fully saturated rings. The summed E-state index contributed by atoms with van der Waals surface area (Å²) in [6.07, 6.45) is 2.22. The fraction of sp³-hybridized carbons (Fsp3) is 0.217. The molecule has 2 aromatic carbocycles. The average Bonchev–Trinajstić information content (AvgIpc) is 3.04. The van der Waals surface area contributed by atoms with E-state index in [9.17, 15) is 9.59 Å². The first kappa shape index (κ1) is 21.0. The number of methoxy groups -OCH3 is 1. The molecule has 0 atom stereocenters. The van der Waals surface area contributed by atoms with Crippen molar-refractivity contribution in [3.05, 3.63) is 74.4 Å². The molecule has 0 radical (unpaired) electrons. The summed E-state index contributed by atoms with van der Waals surface area (Å²) in [5, 5.41) is 5.96. The summed E-state index contributed by atoms with van der Waals surface area (Å²) in [6, 6.07) is 13.2. The number of esters is 1. The first-order valence-electron chi connectivity index (χ1n) is 9.84. The van der Waals surface area contributed by atoms with Gasteiger partial charge in [-0.1, -0.05) is 41.1 Å². The molecular weight excluding hydrogens is 460 g/mol. The number of fused-ring (bicyclic) bond motifs is 2. The largest absolute Gasteiger partial charge is 0.468 e. The van der Waals surface area contributed by atoms with Crippen molar-refractivity contribution in [1.82, 2.24) is 14.2 Å². The van der Waals surface area contributed by atoms with Crippen LogP contribution < -0.4 is 5.56 Å². The minimum atomic E-state index is -0.332. The molecule has 158 valence electrons. The summed E-state index contributed by atoms with van der Waals surface area (Å²) in [5.74, 6) is 0.244. The number of hydrogen-bond donors (Lipinski definition) is 0. The Hall–Kier alpha value is -3.26. The lowest BCUT2D eigenvalue weighted by Gasteiger charge is -2.08. The first-order chi connectivity index (χ1) is 14.9. The zero-order chi connectivity index (χ0) is 22.1. The summed E-state index contributed by atoms with van der Waals surface area (Å²) < 4.78 is 8.89. The summed E-state index contributed by atoms with van der Waals surface area (Å²) in [5.41, 5.74) is 3.01. The molecular formula is C23H21BrN4O3. The van der Waals surface area contributed by atoms with Gasteiger partial charge in [-0.3, -0.25) is 9.59 Å². The van der Waals surface area contributed by atoms with E-state index in [-0.39, 0.29) is 18.1 Å². The highest BCUT2D eigenvalue weighted by Gasteiger charge is 2.16. The van der Waals surface area contributed by atoms with E-state index in [1.54, 1.807) is 12.3 Å². The molecule has 2 heterocycles. The molecule has 4 rings (SSSR count). The second kappa shape index (κ2) is 8.47. The molecule has 8 heteroatoms. The Morgan fingerprint density at radius 1 is 1.23 bits per heavy atom. The molecule has 0 aliphatic heterocycles. The van der Waals surface area contributed by atoms with Gasteiger partial charge in [0.25, 0.3) is 5.56 Å². The smallest absolute Gasteiger partial charge is 0.325 e. The van der Waals surface area contributed by atoms with Crippen LogP contribution in [-0.4, -0.2) is 33.5 Å². The van der Waals surface area contributed by atoms with E-state index in [4.69, 9.17) is 4.74 Å². The summed E-state index contributed by atoms with van der Waals surface area (Å²) in [4.78, 5) is 29.7. The van der Waals surface area contributed by atoms with Gasteiger partial charge < -0.3 is 9.30 Å². The van der Waals surface area contributed by atoms with E-state index < -0.39 is 0 Å². The number of hydrogen-bond acceptors (Lipinski definition) is 5. The molecule has 0 N–H and O–H groups in total. The summed E-state index contributed by atoms with van der Waals surface area (Å²) in [6.45, 7) is 3.96. The van der Waals surface area contributed by atoms with Crippen LogP contribution in [0.4, 0.5) is 0 Å². The maximum atomic E-state index is 13.1. The third kappa shape index (κ3) is 3.79. The molecule has 0 saturated carbocycles. The Morgan fingerprint density at radius 3 is 2.74 bits per heavy atom. The Kier molecular flexibility index (Phi) is 5.73. The van der Waals surface area contributed by atoms with Crippen molar-refractivity contribution < 1.29 is 9.53 Å². The van der Waals surface area contributed by atoms with Crippen LogP contribution in [0.15, 0.2) is 56.8 Å². The predicted molar refractivity (Wildman–Crippen MR) is 125 cm³/mol. The fourth-order valence-electron chi connectivity index (χ4n) is 3.68. The average molecular weight is 481 g/mol. The van der Waals surface area contributed by atoms with Crippen LogP contribution in [-0.2, 0) is 22.5 Å². The van der Waals surface area contributed by atoms with Crippen molar-refractivity contribution in [3.8, 4) is 0 Å². The number of aromatic nitrogens is 3. The van der Waals surface area contributed by atoms with Crippen molar-refractivity contribution in [2.45, 2.75) is 26.8 Å².